The molecule has 5 atom stereocenters. The summed E-state index contributed by atoms with van der Waals surface area (Å²) in [5, 5.41) is 11.5. The van der Waals surface area contributed by atoms with E-state index in [1.807, 2.05) is 0 Å². The molecular weight excluding hydrogens is 662 g/mol. The van der Waals surface area contributed by atoms with Crippen LogP contribution in [0.2, 0.25) is 0 Å². The minimum atomic E-state index is -4.94. The first-order valence-electron chi connectivity index (χ1n) is 14.7. The SMILES string of the molecule is NC(=O)CNC(=O)[C@H](CCCN=C(N)N)NC(=O)[C@@H]1CCCN1C(=O)[C@H](CS(=O)(=O)O)NC(=O)[C@H](CC(N)=O)NC(=O)[C@@H]1CCC(=O)N1. The van der Waals surface area contributed by atoms with Crippen LogP contribution in [-0.4, -0.2) is 127 Å². The van der Waals surface area contributed by atoms with E-state index in [0.717, 1.165) is 4.90 Å². The van der Waals surface area contributed by atoms with Gasteiger partial charge >= 0.3 is 0 Å². The molecule has 8 amide bonds. The number of rotatable bonds is 18. The molecule has 0 spiro atoms. The standard InChI is InChI=1S/C25H41N11O11S/c26-17(37)9-14(34-21(41)13-5-6-19(39)32-13)22(42)35-15(11-48(45,46)47)24(44)36-8-2-4-16(36)23(43)33-12(3-1-7-30-25(28)29)20(40)31-10-18(27)38/h12-16H,1-11H2,(H2,26,37)(H2,27,38)(H,31,40)(H,32,39)(H,33,43)(H,34,41)(H,35,42)(H4,28,29,30)(H,45,46,47)/t12-,13-,14-,15-,16-/m0/s1. The molecule has 2 heterocycles. The zero-order valence-electron chi connectivity index (χ0n) is 25.8. The van der Waals surface area contributed by atoms with Crippen LogP contribution in [0.3, 0.4) is 0 Å². The molecule has 0 unspecified atom stereocenters. The van der Waals surface area contributed by atoms with E-state index >= 15 is 0 Å². The maximum Gasteiger partial charge on any atom is 0.267 e. The zero-order chi connectivity index (χ0) is 36.2. The Balaban J connectivity index is 2.24. The van der Waals surface area contributed by atoms with E-state index in [-0.39, 0.29) is 57.6 Å². The Bertz CT molecular complexity index is 1420. The van der Waals surface area contributed by atoms with Crippen LogP contribution in [0, 0.1) is 0 Å². The second kappa shape index (κ2) is 17.7. The Labute approximate surface area is 274 Å². The average Bonchev–Trinajstić information content (AvgIpc) is 3.64. The van der Waals surface area contributed by atoms with Crippen LogP contribution in [0.1, 0.15) is 44.9 Å². The molecule has 0 saturated carbocycles. The Hall–Kier alpha value is -5.06. The fourth-order valence-corrected chi connectivity index (χ4v) is 5.64. The van der Waals surface area contributed by atoms with Gasteiger partial charge in [0.1, 0.15) is 36.0 Å². The van der Waals surface area contributed by atoms with E-state index in [1.54, 1.807) is 0 Å². The number of guanidine groups is 1. The molecule has 2 aliphatic rings. The van der Waals surface area contributed by atoms with Gasteiger partial charge in [-0.1, -0.05) is 0 Å². The molecule has 2 saturated heterocycles. The third-order valence-electron chi connectivity index (χ3n) is 7.20. The molecule has 48 heavy (non-hydrogen) atoms. The highest BCUT2D eigenvalue weighted by Gasteiger charge is 2.41. The van der Waals surface area contributed by atoms with Crippen LogP contribution in [-0.2, 0) is 48.5 Å². The normalized spacial score (nSPS) is 19.2. The largest absolute Gasteiger partial charge is 0.370 e. The van der Waals surface area contributed by atoms with Gasteiger partial charge in [-0.15, -0.1) is 0 Å². The van der Waals surface area contributed by atoms with Gasteiger partial charge in [-0.05, 0) is 32.1 Å². The summed E-state index contributed by atoms with van der Waals surface area (Å²) in [5.74, 6) is -8.66. The lowest BCUT2D eigenvalue weighted by Crippen LogP contribution is -2.60. The topological polar surface area (TPSA) is 371 Å². The number of nitrogens with two attached hydrogens (primary N) is 4. The number of hydrogen-bond donors (Lipinski definition) is 10. The van der Waals surface area contributed by atoms with E-state index in [0.29, 0.717) is 0 Å². The van der Waals surface area contributed by atoms with Crippen molar-refractivity contribution in [3.05, 3.63) is 0 Å². The summed E-state index contributed by atoms with van der Waals surface area (Å²) < 4.78 is 33.3. The predicted octanol–water partition coefficient (Wildman–Crippen LogP) is -6.87. The number of primary amides is 2. The molecule has 23 heteroatoms. The minimum Gasteiger partial charge on any atom is -0.370 e. The van der Waals surface area contributed by atoms with E-state index in [4.69, 9.17) is 22.9 Å². The molecule has 0 radical (unpaired) electrons. The number of hydrogen-bond acceptors (Lipinski definition) is 11. The van der Waals surface area contributed by atoms with Gasteiger partial charge < -0.3 is 54.4 Å². The molecule has 0 aromatic carbocycles. The van der Waals surface area contributed by atoms with Crippen LogP contribution < -0.4 is 49.5 Å². The van der Waals surface area contributed by atoms with Gasteiger partial charge in [0, 0.05) is 19.5 Å². The summed E-state index contributed by atoms with van der Waals surface area (Å²) >= 11 is 0. The molecule has 14 N–H and O–H groups in total. The Kier molecular flexibility index (Phi) is 14.5. The van der Waals surface area contributed by atoms with Gasteiger partial charge in [0.2, 0.25) is 47.3 Å². The first-order valence-corrected chi connectivity index (χ1v) is 16.3. The average molecular weight is 704 g/mol. The Morgan fingerprint density at radius 2 is 1.58 bits per heavy atom. The molecule has 2 aliphatic heterocycles. The van der Waals surface area contributed by atoms with Crippen molar-refractivity contribution in [2.45, 2.75) is 75.2 Å². The van der Waals surface area contributed by atoms with Gasteiger partial charge in [0.25, 0.3) is 10.1 Å². The summed E-state index contributed by atoms with van der Waals surface area (Å²) in [7, 11) is -4.94. The summed E-state index contributed by atoms with van der Waals surface area (Å²) in [4.78, 5) is 105. The summed E-state index contributed by atoms with van der Waals surface area (Å²) in [6.07, 6.45) is -0.138. The molecular formula is C25H41N11O11S. The van der Waals surface area contributed by atoms with Gasteiger partial charge in [-0.2, -0.15) is 8.42 Å². The highest BCUT2D eigenvalue weighted by Crippen LogP contribution is 2.20. The summed E-state index contributed by atoms with van der Waals surface area (Å²) in [5.41, 5.74) is 20.9. The van der Waals surface area contributed by atoms with Crippen molar-refractivity contribution in [1.29, 1.82) is 0 Å². The van der Waals surface area contributed by atoms with E-state index in [2.05, 4.69) is 31.6 Å². The number of likely N-dealkylation sites (tertiary alicyclic amines) is 1. The molecule has 0 aromatic rings. The zero-order valence-corrected chi connectivity index (χ0v) is 26.6. The second-order valence-corrected chi connectivity index (χ2v) is 12.6. The molecule has 2 fully saturated rings. The predicted molar refractivity (Wildman–Crippen MR) is 164 cm³/mol. The third kappa shape index (κ3) is 13.0. The smallest absolute Gasteiger partial charge is 0.267 e. The molecule has 22 nitrogen and oxygen atoms in total. The lowest BCUT2D eigenvalue weighted by atomic mass is 10.1. The van der Waals surface area contributed by atoms with Gasteiger partial charge in [-0.25, -0.2) is 0 Å². The summed E-state index contributed by atoms with van der Waals surface area (Å²) in [6.45, 7) is -0.535. The Morgan fingerprint density at radius 3 is 2.15 bits per heavy atom. The highest BCUT2D eigenvalue weighted by molar-refractivity contribution is 7.85. The maximum atomic E-state index is 13.6. The molecule has 0 aliphatic carbocycles. The van der Waals surface area contributed by atoms with Crippen LogP contribution >= 0.6 is 0 Å². The number of carbonyl (C=O) groups is 8. The fourth-order valence-electron chi connectivity index (χ4n) is 4.99. The van der Waals surface area contributed by atoms with Crippen molar-refractivity contribution in [3.63, 3.8) is 0 Å². The van der Waals surface area contributed by atoms with Crippen LogP contribution in [0.5, 0.6) is 0 Å². The van der Waals surface area contributed by atoms with Crippen molar-refractivity contribution in [3.8, 4) is 0 Å². The number of aliphatic imine (C=N–C) groups is 1. The van der Waals surface area contributed by atoms with Crippen LogP contribution in [0.15, 0.2) is 4.99 Å². The summed E-state index contributed by atoms with van der Waals surface area (Å²) in [6, 6.07) is -7.24. The molecule has 2 rings (SSSR count). The van der Waals surface area contributed by atoms with E-state index in [9.17, 15) is 51.3 Å². The second-order valence-electron chi connectivity index (χ2n) is 11.1. The van der Waals surface area contributed by atoms with Crippen molar-refractivity contribution in [2.75, 3.05) is 25.4 Å². The van der Waals surface area contributed by atoms with Crippen molar-refractivity contribution >= 4 is 63.3 Å². The quantitative estimate of drug-likeness (QED) is 0.0275. The Morgan fingerprint density at radius 1 is 0.917 bits per heavy atom. The van der Waals surface area contributed by atoms with E-state index in [1.165, 1.54) is 0 Å². The molecule has 0 aromatic heterocycles. The van der Waals surface area contributed by atoms with Gasteiger partial charge in [-0.3, -0.25) is 47.9 Å². The lowest BCUT2D eigenvalue weighted by molar-refractivity contribution is -0.142. The van der Waals surface area contributed by atoms with Crippen LogP contribution in [0.25, 0.3) is 0 Å². The van der Waals surface area contributed by atoms with Crippen LogP contribution in [0.4, 0.5) is 0 Å². The molecule has 0 bridgehead atoms. The van der Waals surface area contributed by atoms with Gasteiger partial charge in [0.05, 0.1) is 13.0 Å². The van der Waals surface area contributed by atoms with Gasteiger partial charge in [0.15, 0.2) is 5.96 Å². The van der Waals surface area contributed by atoms with E-state index < -0.39 is 106 Å². The third-order valence-corrected chi connectivity index (χ3v) is 7.95. The first-order chi connectivity index (χ1) is 22.4. The number of nitrogens with zero attached hydrogens (tertiary/aromatic N) is 2. The number of amides is 8. The maximum absolute atomic E-state index is 13.6. The monoisotopic (exact) mass is 703 g/mol. The molecule has 268 valence electrons. The number of carbonyl (C=O) groups excluding carboxylic acids is 8. The lowest BCUT2D eigenvalue weighted by Gasteiger charge is -2.30. The minimum absolute atomic E-state index is 0.00721. The highest BCUT2D eigenvalue weighted by atomic mass is 32.2. The van der Waals surface area contributed by atoms with Crippen molar-refractivity contribution in [2.24, 2.45) is 27.9 Å². The fraction of sp³-hybridized carbons (Fsp3) is 0.640. The number of nitrogens with one attached hydrogen (secondary N) is 5. The first kappa shape index (κ1) is 39.1. The van der Waals surface area contributed by atoms with Crippen molar-refractivity contribution in [1.82, 2.24) is 31.5 Å². The van der Waals surface area contributed by atoms with Crippen molar-refractivity contribution < 1.29 is 51.3 Å².